The summed E-state index contributed by atoms with van der Waals surface area (Å²) in [6, 6.07) is 7.90. The highest BCUT2D eigenvalue weighted by atomic mass is 16.5. The molecule has 1 rings (SSSR count). The van der Waals surface area contributed by atoms with Crippen LogP contribution in [0.4, 0.5) is 0 Å². The second-order valence-corrected chi connectivity index (χ2v) is 3.55. The van der Waals surface area contributed by atoms with Crippen LogP contribution < -0.4 is 4.74 Å². The van der Waals surface area contributed by atoms with Gasteiger partial charge in [-0.1, -0.05) is 19.1 Å². The molecule has 0 aliphatic rings. The maximum Gasteiger partial charge on any atom is 0.119 e. The van der Waals surface area contributed by atoms with Crippen molar-refractivity contribution in [3.05, 3.63) is 29.8 Å². The number of rotatable bonds is 5. The van der Waals surface area contributed by atoms with E-state index in [1.807, 2.05) is 24.3 Å². The lowest BCUT2D eigenvalue weighted by Crippen LogP contribution is -2.04. The van der Waals surface area contributed by atoms with Crippen molar-refractivity contribution in [2.75, 3.05) is 6.61 Å². The normalized spacial score (nSPS) is 12.5. The van der Waals surface area contributed by atoms with Crippen LogP contribution in [0.1, 0.15) is 25.8 Å². The molecule has 0 aromatic heterocycles. The van der Waals surface area contributed by atoms with Crippen LogP contribution >= 0.6 is 0 Å². The molecule has 1 N–H and O–H groups in total. The van der Waals surface area contributed by atoms with Gasteiger partial charge in [-0.2, -0.15) is 0 Å². The second kappa shape index (κ2) is 5.66. The fraction of sp³-hybridized carbons (Fsp3) is 0.500. The Hall–Kier alpha value is -1.02. The summed E-state index contributed by atoms with van der Waals surface area (Å²) in [5.74, 6) is 0.894. The summed E-state index contributed by atoms with van der Waals surface area (Å²) in [5, 5.41) is 9.23. The van der Waals surface area contributed by atoms with Crippen molar-refractivity contribution in [3.63, 3.8) is 0 Å². The topological polar surface area (TPSA) is 29.5 Å². The van der Waals surface area contributed by atoms with Crippen molar-refractivity contribution < 1.29 is 9.84 Å². The summed E-state index contributed by atoms with van der Waals surface area (Å²) < 4.78 is 5.50. The van der Waals surface area contributed by atoms with Gasteiger partial charge in [-0.25, -0.2) is 0 Å². The number of hydrogen-bond donors (Lipinski definition) is 1. The van der Waals surface area contributed by atoms with Crippen LogP contribution in [0.3, 0.4) is 0 Å². The van der Waals surface area contributed by atoms with Crippen molar-refractivity contribution in [2.24, 2.45) is 0 Å². The Morgan fingerprint density at radius 2 is 2.21 bits per heavy atom. The number of benzene rings is 1. The van der Waals surface area contributed by atoms with E-state index in [2.05, 4.69) is 6.92 Å². The van der Waals surface area contributed by atoms with Gasteiger partial charge < -0.3 is 9.84 Å². The van der Waals surface area contributed by atoms with Crippen LogP contribution in [0.25, 0.3) is 0 Å². The molecule has 0 saturated heterocycles. The highest BCUT2D eigenvalue weighted by molar-refractivity contribution is 5.28. The zero-order valence-corrected chi connectivity index (χ0v) is 8.86. The molecule has 0 heterocycles. The molecule has 2 heteroatoms. The highest BCUT2D eigenvalue weighted by Crippen LogP contribution is 2.14. The average molecular weight is 194 g/mol. The lowest BCUT2D eigenvalue weighted by molar-refractivity contribution is 0.195. The van der Waals surface area contributed by atoms with Crippen molar-refractivity contribution in [3.8, 4) is 5.75 Å². The molecule has 14 heavy (non-hydrogen) atoms. The van der Waals surface area contributed by atoms with E-state index in [9.17, 15) is 5.11 Å². The molecule has 0 amide bonds. The molecular formula is C12H18O2. The van der Waals surface area contributed by atoms with Crippen molar-refractivity contribution >= 4 is 0 Å². The third-order valence-corrected chi connectivity index (χ3v) is 1.90. The first-order valence-electron chi connectivity index (χ1n) is 5.12. The molecule has 0 fully saturated rings. The molecule has 1 atom stereocenters. The van der Waals surface area contributed by atoms with Crippen LogP contribution in [0.15, 0.2) is 24.3 Å². The second-order valence-electron chi connectivity index (χ2n) is 3.55. The molecule has 1 unspecified atom stereocenters. The predicted octanol–water partition coefficient (Wildman–Crippen LogP) is 2.40. The van der Waals surface area contributed by atoms with E-state index in [4.69, 9.17) is 4.74 Å². The SMILES string of the molecule is CCCOc1cccc(CC(C)O)c1. The van der Waals surface area contributed by atoms with E-state index in [0.717, 1.165) is 24.3 Å². The smallest absolute Gasteiger partial charge is 0.119 e. The van der Waals surface area contributed by atoms with Gasteiger partial charge in [-0.15, -0.1) is 0 Å². The van der Waals surface area contributed by atoms with E-state index in [-0.39, 0.29) is 6.10 Å². The van der Waals surface area contributed by atoms with Gasteiger partial charge in [0.05, 0.1) is 12.7 Å². The molecule has 1 aromatic carbocycles. The zero-order valence-electron chi connectivity index (χ0n) is 8.86. The van der Waals surface area contributed by atoms with E-state index in [1.165, 1.54) is 0 Å². The largest absolute Gasteiger partial charge is 0.494 e. The number of ether oxygens (including phenoxy) is 1. The summed E-state index contributed by atoms with van der Waals surface area (Å²) in [5.41, 5.74) is 1.12. The zero-order chi connectivity index (χ0) is 10.4. The number of aliphatic hydroxyl groups excluding tert-OH is 1. The standard InChI is InChI=1S/C12H18O2/c1-3-7-14-12-6-4-5-11(9-12)8-10(2)13/h4-6,9-10,13H,3,7-8H2,1-2H3. The minimum atomic E-state index is -0.295. The average Bonchev–Trinajstić information content (AvgIpc) is 2.14. The Kier molecular flexibility index (Phi) is 4.47. The van der Waals surface area contributed by atoms with Gasteiger partial charge in [-0.05, 0) is 37.5 Å². The van der Waals surface area contributed by atoms with Gasteiger partial charge in [0.1, 0.15) is 5.75 Å². The maximum atomic E-state index is 9.23. The van der Waals surface area contributed by atoms with Gasteiger partial charge >= 0.3 is 0 Å². The summed E-state index contributed by atoms with van der Waals surface area (Å²) in [4.78, 5) is 0. The van der Waals surface area contributed by atoms with E-state index in [1.54, 1.807) is 6.92 Å². The molecule has 0 saturated carbocycles. The fourth-order valence-corrected chi connectivity index (χ4v) is 1.32. The molecule has 0 aliphatic carbocycles. The van der Waals surface area contributed by atoms with Crippen molar-refractivity contribution in [1.29, 1.82) is 0 Å². The van der Waals surface area contributed by atoms with E-state index >= 15 is 0 Å². The van der Waals surface area contributed by atoms with Gasteiger partial charge in [0, 0.05) is 0 Å². The Balaban J connectivity index is 2.59. The van der Waals surface area contributed by atoms with Gasteiger partial charge in [0.2, 0.25) is 0 Å². The minimum Gasteiger partial charge on any atom is -0.494 e. The first-order chi connectivity index (χ1) is 6.72. The summed E-state index contributed by atoms with van der Waals surface area (Å²) >= 11 is 0. The maximum absolute atomic E-state index is 9.23. The Labute approximate surface area is 85.5 Å². The van der Waals surface area contributed by atoms with Crippen LogP contribution in [0.2, 0.25) is 0 Å². The summed E-state index contributed by atoms with van der Waals surface area (Å²) in [6.45, 7) is 4.62. The first-order valence-corrected chi connectivity index (χ1v) is 5.12. The Bertz CT molecular complexity index is 269. The van der Waals surface area contributed by atoms with Gasteiger partial charge in [-0.3, -0.25) is 0 Å². The molecule has 2 nitrogen and oxygen atoms in total. The third-order valence-electron chi connectivity index (χ3n) is 1.90. The lowest BCUT2D eigenvalue weighted by Gasteiger charge is -2.08. The van der Waals surface area contributed by atoms with Crippen molar-refractivity contribution in [1.82, 2.24) is 0 Å². The molecule has 0 radical (unpaired) electrons. The minimum absolute atomic E-state index is 0.295. The van der Waals surface area contributed by atoms with Gasteiger partial charge in [0.15, 0.2) is 0 Å². The van der Waals surface area contributed by atoms with E-state index < -0.39 is 0 Å². The monoisotopic (exact) mass is 194 g/mol. The lowest BCUT2D eigenvalue weighted by atomic mass is 10.1. The molecule has 0 bridgehead atoms. The predicted molar refractivity (Wildman–Crippen MR) is 57.6 cm³/mol. The van der Waals surface area contributed by atoms with Gasteiger partial charge in [0.25, 0.3) is 0 Å². The number of aliphatic hydroxyl groups is 1. The molecule has 1 aromatic rings. The van der Waals surface area contributed by atoms with Crippen LogP contribution in [0, 0.1) is 0 Å². The van der Waals surface area contributed by atoms with Crippen LogP contribution in [0.5, 0.6) is 5.75 Å². The van der Waals surface area contributed by atoms with E-state index in [0.29, 0.717) is 6.42 Å². The Morgan fingerprint density at radius 1 is 1.43 bits per heavy atom. The molecular weight excluding hydrogens is 176 g/mol. The first kappa shape index (κ1) is 11.1. The molecule has 0 spiro atoms. The molecule has 78 valence electrons. The quantitative estimate of drug-likeness (QED) is 0.780. The molecule has 0 aliphatic heterocycles. The van der Waals surface area contributed by atoms with Crippen LogP contribution in [-0.4, -0.2) is 17.8 Å². The fourth-order valence-electron chi connectivity index (χ4n) is 1.32. The summed E-state index contributed by atoms with van der Waals surface area (Å²) in [7, 11) is 0. The third kappa shape index (κ3) is 3.79. The Morgan fingerprint density at radius 3 is 2.86 bits per heavy atom. The number of hydrogen-bond acceptors (Lipinski definition) is 2. The van der Waals surface area contributed by atoms with Crippen LogP contribution in [-0.2, 0) is 6.42 Å². The highest BCUT2D eigenvalue weighted by Gasteiger charge is 2.00. The van der Waals surface area contributed by atoms with Crippen molar-refractivity contribution in [2.45, 2.75) is 32.8 Å². The summed E-state index contributed by atoms with van der Waals surface area (Å²) in [6.07, 6.45) is 1.40.